The Morgan fingerprint density at radius 2 is 2.36 bits per heavy atom. The van der Waals surface area contributed by atoms with Crippen molar-refractivity contribution in [2.75, 3.05) is 25.5 Å². The van der Waals surface area contributed by atoms with E-state index in [4.69, 9.17) is 10.3 Å². The maximum Gasteiger partial charge on any atom is 0.171 e. The lowest BCUT2D eigenvalue weighted by molar-refractivity contribution is 0.385. The van der Waals surface area contributed by atoms with Crippen LogP contribution in [-0.2, 0) is 6.42 Å². The van der Waals surface area contributed by atoms with Crippen LogP contribution in [0.4, 0.5) is 5.82 Å². The molecule has 0 saturated heterocycles. The Labute approximate surface area is 66.0 Å². The van der Waals surface area contributed by atoms with Crippen molar-refractivity contribution in [2.45, 2.75) is 6.42 Å². The van der Waals surface area contributed by atoms with Crippen molar-refractivity contribution in [1.82, 2.24) is 5.16 Å². The van der Waals surface area contributed by atoms with Gasteiger partial charge in [-0.15, -0.1) is 0 Å². The fourth-order valence-corrected chi connectivity index (χ4v) is 0.773. The molecule has 0 aliphatic heterocycles. The first-order valence-electron chi connectivity index (χ1n) is 3.57. The van der Waals surface area contributed by atoms with Gasteiger partial charge in [-0.1, -0.05) is 5.16 Å². The van der Waals surface area contributed by atoms with E-state index in [0.29, 0.717) is 6.54 Å². The zero-order valence-corrected chi connectivity index (χ0v) is 6.87. The second-order valence-electron chi connectivity index (χ2n) is 2.58. The topological polar surface area (TPSA) is 55.3 Å². The molecule has 1 aromatic rings. The van der Waals surface area contributed by atoms with Crippen LogP contribution in [0.15, 0.2) is 10.6 Å². The fourth-order valence-electron chi connectivity index (χ4n) is 0.773. The lowest BCUT2D eigenvalue weighted by Crippen LogP contribution is -2.08. The summed E-state index contributed by atoms with van der Waals surface area (Å²) in [6, 6.07) is 1.90. The van der Waals surface area contributed by atoms with E-state index in [1.807, 2.05) is 25.1 Å². The van der Waals surface area contributed by atoms with Crippen molar-refractivity contribution in [3.05, 3.63) is 11.8 Å². The van der Waals surface area contributed by atoms with Gasteiger partial charge >= 0.3 is 0 Å². The van der Waals surface area contributed by atoms with Crippen molar-refractivity contribution in [1.29, 1.82) is 0 Å². The molecule has 0 fully saturated rings. The third-order valence-electron chi connectivity index (χ3n) is 1.40. The minimum atomic E-state index is 0.599. The first kappa shape index (κ1) is 8.07. The van der Waals surface area contributed by atoms with Crippen molar-refractivity contribution in [3.8, 4) is 0 Å². The number of nitrogens with two attached hydrogens (primary N) is 1. The third kappa shape index (κ3) is 1.94. The van der Waals surface area contributed by atoms with Crippen LogP contribution in [0.5, 0.6) is 0 Å². The van der Waals surface area contributed by atoms with E-state index in [1.54, 1.807) is 0 Å². The summed E-state index contributed by atoms with van der Waals surface area (Å²) in [5.41, 5.74) is 5.34. The lowest BCUT2D eigenvalue weighted by atomic mass is 10.3. The van der Waals surface area contributed by atoms with Crippen LogP contribution in [0, 0.1) is 0 Å². The highest BCUT2D eigenvalue weighted by molar-refractivity contribution is 5.35. The zero-order chi connectivity index (χ0) is 8.27. The highest BCUT2D eigenvalue weighted by Gasteiger charge is 2.03. The zero-order valence-electron chi connectivity index (χ0n) is 6.87. The van der Waals surface area contributed by atoms with Gasteiger partial charge in [0.25, 0.3) is 0 Å². The summed E-state index contributed by atoms with van der Waals surface area (Å²) < 4.78 is 4.99. The molecule has 0 spiro atoms. The average Bonchev–Trinajstić information content (AvgIpc) is 2.37. The molecule has 4 heteroatoms. The molecule has 1 aromatic heterocycles. The van der Waals surface area contributed by atoms with Gasteiger partial charge in [0, 0.05) is 26.6 Å². The fraction of sp³-hybridized carbons (Fsp3) is 0.571. The summed E-state index contributed by atoms with van der Waals surface area (Å²) in [6.07, 6.45) is 0.751. The molecule has 0 radical (unpaired) electrons. The maximum atomic E-state index is 5.34. The van der Waals surface area contributed by atoms with E-state index in [2.05, 4.69) is 5.16 Å². The number of rotatable bonds is 3. The minimum Gasteiger partial charge on any atom is -0.360 e. The summed E-state index contributed by atoms with van der Waals surface area (Å²) >= 11 is 0. The van der Waals surface area contributed by atoms with Gasteiger partial charge in [0.1, 0.15) is 5.76 Å². The van der Waals surface area contributed by atoms with E-state index in [9.17, 15) is 0 Å². The molecule has 0 aromatic carbocycles. The van der Waals surface area contributed by atoms with Crippen LogP contribution in [0.25, 0.3) is 0 Å². The molecule has 0 aliphatic rings. The monoisotopic (exact) mass is 155 g/mol. The molecular weight excluding hydrogens is 142 g/mol. The highest BCUT2D eigenvalue weighted by Crippen LogP contribution is 2.10. The Bertz CT molecular complexity index is 219. The van der Waals surface area contributed by atoms with Crippen LogP contribution in [0.2, 0.25) is 0 Å². The number of nitrogens with zero attached hydrogens (tertiary/aromatic N) is 2. The standard InChI is InChI=1S/C7H13N3O/c1-10(2)7-5-6(3-4-8)11-9-7/h5H,3-4,8H2,1-2H3. The predicted molar refractivity (Wildman–Crippen MR) is 43.6 cm³/mol. The SMILES string of the molecule is CN(C)c1cc(CCN)on1. The molecule has 62 valence electrons. The van der Waals surface area contributed by atoms with Gasteiger partial charge in [-0.25, -0.2) is 0 Å². The van der Waals surface area contributed by atoms with Crippen LogP contribution >= 0.6 is 0 Å². The Hall–Kier alpha value is -1.03. The number of aromatic nitrogens is 1. The van der Waals surface area contributed by atoms with Gasteiger partial charge in [0.2, 0.25) is 0 Å². The molecular formula is C7H13N3O. The van der Waals surface area contributed by atoms with E-state index in [0.717, 1.165) is 18.0 Å². The Kier molecular flexibility index (Phi) is 2.48. The molecule has 0 aliphatic carbocycles. The van der Waals surface area contributed by atoms with E-state index in [1.165, 1.54) is 0 Å². The summed E-state index contributed by atoms with van der Waals surface area (Å²) in [6.45, 7) is 0.599. The molecule has 0 bridgehead atoms. The first-order chi connectivity index (χ1) is 5.24. The van der Waals surface area contributed by atoms with Crippen molar-refractivity contribution in [3.63, 3.8) is 0 Å². The smallest absolute Gasteiger partial charge is 0.171 e. The van der Waals surface area contributed by atoms with Crippen molar-refractivity contribution >= 4 is 5.82 Å². The van der Waals surface area contributed by atoms with E-state index < -0.39 is 0 Å². The maximum absolute atomic E-state index is 5.34. The molecule has 4 nitrogen and oxygen atoms in total. The van der Waals surface area contributed by atoms with E-state index in [-0.39, 0.29) is 0 Å². The Balaban J connectivity index is 2.66. The third-order valence-corrected chi connectivity index (χ3v) is 1.40. The predicted octanol–water partition coefficient (Wildman–Crippen LogP) is 0.242. The molecule has 11 heavy (non-hydrogen) atoms. The molecule has 0 amide bonds. The molecule has 0 atom stereocenters. The molecule has 2 N–H and O–H groups in total. The molecule has 1 heterocycles. The minimum absolute atomic E-state index is 0.599. The van der Waals surface area contributed by atoms with Gasteiger partial charge in [0.05, 0.1) is 0 Å². The number of hydrogen-bond donors (Lipinski definition) is 1. The Morgan fingerprint density at radius 1 is 1.64 bits per heavy atom. The second-order valence-corrected chi connectivity index (χ2v) is 2.58. The largest absolute Gasteiger partial charge is 0.360 e. The van der Waals surface area contributed by atoms with E-state index >= 15 is 0 Å². The summed E-state index contributed by atoms with van der Waals surface area (Å²) in [7, 11) is 3.84. The Morgan fingerprint density at radius 3 is 2.82 bits per heavy atom. The first-order valence-corrected chi connectivity index (χ1v) is 3.57. The van der Waals surface area contributed by atoms with Crippen LogP contribution < -0.4 is 10.6 Å². The molecule has 1 rings (SSSR count). The van der Waals surface area contributed by atoms with Gasteiger partial charge in [-0.2, -0.15) is 0 Å². The summed E-state index contributed by atoms with van der Waals surface area (Å²) in [4.78, 5) is 1.89. The van der Waals surface area contributed by atoms with Crippen LogP contribution in [0.1, 0.15) is 5.76 Å². The summed E-state index contributed by atoms with van der Waals surface area (Å²) in [5, 5.41) is 3.83. The van der Waals surface area contributed by atoms with Crippen molar-refractivity contribution in [2.24, 2.45) is 5.73 Å². The number of anilines is 1. The van der Waals surface area contributed by atoms with Gasteiger partial charge in [-0.05, 0) is 6.54 Å². The van der Waals surface area contributed by atoms with Gasteiger partial charge in [0.15, 0.2) is 5.82 Å². The molecule has 0 unspecified atom stereocenters. The van der Waals surface area contributed by atoms with Gasteiger partial charge in [-0.3, -0.25) is 0 Å². The quantitative estimate of drug-likeness (QED) is 0.679. The lowest BCUT2D eigenvalue weighted by Gasteiger charge is -2.03. The highest BCUT2D eigenvalue weighted by atomic mass is 16.5. The molecule has 0 saturated carbocycles. The normalized spacial score (nSPS) is 10.1. The number of hydrogen-bond acceptors (Lipinski definition) is 4. The average molecular weight is 155 g/mol. The van der Waals surface area contributed by atoms with Crippen LogP contribution in [-0.4, -0.2) is 25.8 Å². The van der Waals surface area contributed by atoms with Crippen molar-refractivity contribution < 1.29 is 4.52 Å². The summed E-state index contributed by atoms with van der Waals surface area (Å²) in [5.74, 6) is 1.68. The second kappa shape index (κ2) is 3.39. The van der Waals surface area contributed by atoms with Gasteiger partial charge < -0.3 is 15.2 Å². The van der Waals surface area contributed by atoms with Crippen LogP contribution in [0.3, 0.4) is 0 Å².